The van der Waals surface area contributed by atoms with Crippen molar-refractivity contribution in [2.75, 3.05) is 24.9 Å². The van der Waals surface area contributed by atoms with Gasteiger partial charge in [-0.25, -0.2) is 4.98 Å². The lowest BCUT2D eigenvalue weighted by atomic mass is 10.1. The summed E-state index contributed by atoms with van der Waals surface area (Å²) < 4.78 is 10.7. The van der Waals surface area contributed by atoms with Crippen LogP contribution in [-0.4, -0.2) is 24.2 Å². The molecule has 6 nitrogen and oxygen atoms in total. The van der Waals surface area contributed by atoms with Gasteiger partial charge in [0.25, 0.3) is 0 Å². The van der Waals surface area contributed by atoms with Crippen LogP contribution in [0.4, 0.5) is 23.1 Å². The maximum atomic E-state index is 5.39. The van der Waals surface area contributed by atoms with Crippen molar-refractivity contribution in [1.29, 1.82) is 0 Å². The van der Waals surface area contributed by atoms with Crippen LogP contribution < -0.4 is 20.1 Å². The molecule has 0 spiro atoms. The molecule has 0 amide bonds. The van der Waals surface area contributed by atoms with Crippen LogP contribution >= 0.6 is 0 Å². The number of anilines is 4. The van der Waals surface area contributed by atoms with Crippen molar-refractivity contribution in [1.82, 2.24) is 9.97 Å². The van der Waals surface area contributed by atoms with Gasteiger partial charge in [-0.15, -0.1) is 0 Å². The van der Waals surface area contributed by atoms with Crippen LogP contribution in [0.1, 0.15) is 11.1 Å². The molecular weight excluding hydrogens is 328 g/mol. The fraction of sp³-hybridized carbons (Fsp3) is 0.200. The molecule has 3 aromatic rings. The first-order valence-electron chi connectivity index (χ1n) is 8.26. The fourth-order valence-corrected chi connectivity index (χ4v) is 2.55. The molecule has 0 saturated carbocycles. The Bertz CT molecular complexity index is 912. The molecule has 0 aliphatic rings. The van der Waals surface area contributed by atoms with Gasteiger partial charge < -0.3 is 20.1 Å². The number of hydrogen-bond donors (Lipinski definition) is 2. The smallest absolute Gasteiger partial charge is 0.229 e. The molecule has 2 aromatic carbocycles. The largest absolute Gasteiger partial charge is 0.497 e. The third kappa shape index (κ3) is 3.85. The Morgan fingerprint density at radius 3 is 2.50 bits per heavy atom. The minimum absolute atomic E-state index is 0.519. The monoisotopic (exact) mass is 350 g/mol. The van der Waals surface area contributed by atoms with E-state index in [2.05, 4.69) is 40.5 Å². The van der Waals surface area contributed by atoms with Crippen molar-refractivity contribution in [3.8, 4) is 11.5 Å². The molecule has 0 fully saturated rings. The van der Waals surface area contributed by atoms with Gasteiger partial charge in [0.15, 0.2) is 0 Å². The normalized spacial score (nSPS) is 10.3. The maximum Gasteiger partial charge on any atom is 0.229 e. The van der Waals surface area contributed by atoms with E-state index in [0.717, 1.165) is 17.1 Å². The summed E-state index contributed by atoms with van der Waals surface area (Å²) in [5.41, 5.74) is 4.14. The van der Waals surface area contributed by atoms with Gasteiger partial charge in [0.05, 0.1) is 19.9 Å². The van der Waals surface area contributed by atoms with Crippen LogP contribution in [0.2, 0.25) is 0 Å². The first-order valence-corrected chi connectivity index (χ1v) is 8.26. The van der Waals surface area contributed by atoms with Crippen molar-refractivity contribution < 1.29 is 9.47 Å². The van der Waals surface area contributed by atoms with Gasteiger partial charge in [0.2, 0.25) is 5.95 Å². The molecule has 3 rings (SSSR count). The fourth-order valence-electron chi connectivity index (χ4n) is 2.55. The minimum atomic E-state index is 0.519. The highest BCUT2D eigenvalue weighted by atomic mass is 16.5. The van der Waals surface area contributed by atoms with Crippen LogP contribution in [0, 0.1) is 13.8 Å². The minimum Gasteiger partial charge on any atom is -0.497 e. The number of rotatable bonds is 6. The Morgan fingerprint density at radius 2 is 1.73 bits per heavy atom. The lowest BCUT2D eigenvalue weighted by Gasteiger charge is -2.13. The van der Waals surface area contributed by atoms with Gasteiger partial charge in [-0.1, -0.05) is 12.1 Å². The van der Waals surface area contributed by atoms with Gasteiger partial charge in [0.1, 0.15) is 17.3 Å². The molecule has 0 unspecified atom stereocenters. The summed E-state index contributed by atoms with van der Waals surface area (Å²) in [6.45, 7) is 4.15. The van der Waals surface area contributed by atoms with Gasteiger partial charge in [-0.2, -0.15) is 4.98 Å². The number of methoxy groups -OCH3 is 2. The summed E-state index contributed by atoms with van der Waals surface area (Å²) in [5.74, 6) is 2.61. The Balaban J connectivity index is 1.85. The molecule has 0 radical (unpaired) electrons. The summed E-state index contributed by atoms with van der Waals surface area (Å²) in [6, 6.07) is 13.4. The van der Waals surface area contributed by atoms with Crippen LogP contribution in [0.15, 0.2) is 48.7 Å². The highest BCUT2D eigenvalue weighted by molar-refractivity contribution is 5.67. The molecule has 0 aliphatic heterocycles. The molecule has 0 saturated heterocycles. The second-order valence-corrected chi connectivity index (χ2v) is 5.83. The Morgan fingerprint density at radius 1 is 0.885 bits per heavy atom. The number of aromatic nitrogens is 2. The Kier molecular flexibility index (Phi) is 5.22. The highest BCUT2D eigenvalue weighted by Gasteiger charge is 2.08. The second-order valence-electron chi connectivity index (χ2n) is 5.83. The average molecular weight is 350 g/mol. The van der Waals surface area contributed by atoms with Crippen molar-refractivity contribution >= 4 is 23.1 Å². The van der Waals surface area contributed by atoms with E-state index in [1.807, 2.05) is 30.3 Å². The van der Waals surface area contributed by atoms with Gasteiger partial charge >= 0.3 is 0 Å². The van der Waals surface area contributed by atoms with E-state index in [9.17, 15) is 0 Å². The van der Waals surface area contributed by atoms with Gasteiger partial charge in [0, 0.05) is 18.0 Å². The summed E-state index contributed by atoms with van der Waals surface area (Å²) in [6.07, 6.45) is 1.70. The van der Waals surface area contributed by atoms with Crippen molar-refractivity contribution in [2.45, 2.75) is 13.8 Å². The second kappa shape index (κ2) is 7.74. The van der Waals surface area contributed by atoms with Crippen LogP contribution in [0.3, 0.4) is 0 Å². The number of aryl methyl sites for hydroxylation is 1. The van der Waals surface area contributed by atoms with E-state index in [1.54, 1.807) is 26.5 Å². The zero-order valence-electron chi connectivity index (χ0n) is 15.3. The van der Waals surface area contributed by atoms with E-state index in [1.165, 1.54) is 11.1 Å². The van der Waals surface area contributed by atoms with E-state index in [-0.39, 0.29) is 0 Å². The summed E-state index contributed by atoms with van der Waals surface area (Å²) in [7, 11) is 3.25. The third-order valence-electron chi connectivity index (χ3n) is 4.18. The zero-order valence-corrected chi connectivity index (χ0v) is 15.3. The predicted molar refractivity (Wildman–Crippen MR) is 104 cm³/mol. The molecule has 134 valence electrons. The first kappa shape index (κ1) is 17.5. The molecular formula is C20H22N4O2. The standard InChI is InChI=1S/C20H22N4O2/c1-13-6-5-7-16(14(13)2)23-20-21-11-10-19(24-20)22-17-12-15(25-3)8-9-18(17)26-4/h5-12H,1-4H3,(H2,21,22,23,24). The summed E-state index contributed by atoms with van der Waals surface area (Å²) >= 11 is 0. The summed E-state index contributed by atoms with van der Waals surface area (Å²) in [4.78, 5) is 8.84. The SMILES string of the molecule is COc1ccc(OC)c(Nc2ccnc(Nc3cccc(C)c3C)n2)c1. The highest BCUT2D eigenvalue weighted by Crippen LogP contribution is 2.31. The molecule has 0 atom stereocenters. The number of hydrogen-bond acceptors (Lipinski definition) is 6. The number of benzene rings is 2. The van der Waals surface area contributed by atoms with Gasteiger partial charge in [-0.05, 0) is 49.2 Å². The molecule has 0 aliphatic carbocycles. The summed E-state index contributed by atoms with van der Waals surface area (Å²) in [5, 5.41) is 6.53. The van der Waals surface area contributed by atoms with E-state index in [0.29, 0.717) is 17.5 Å². The van der Waals surface area contributed by atoms with E-state index in [4.69, 9.17) is 9.47 Å². The van der Waals surface area contributed by atoms with Crippen LogP contribution in [0.25, 0.3) is 0 Å². The van der Waals surface area contributed by atoms with Crippen molar-refractivity contribution in [2.24, 2.45) is 0 Å². The first-order chi connectivity index (χ1) is 12.6. The van der Waals surface area contributed by atoms with Crippen LogP contribution in [-0.2, 0) is 0 Å². The number of nitrogens with zero attached hydrogens (tertiary/aromatic N) is 2. The number of ether oxygens (including phenoxy) is 2. The van der Waals surface area contributed by atoms with Gasteiger partial charge in [-0.3, -0.25) is 0 Å². The Labute approximate surface area is 153 Å². The number of nitrogens with one attached hydrogen (secondary N) is 2. The van der Waals surface area contributed by atoms with E-state index >= 15 is 0 Å². The van der Waals surface area contributed by atoms with Crippen LogP contribution in [0.5, 0.6) is 11.5 Å². The van der Waals surface area contributed by atoms with Crippen molar-refractivity contribution in [3.63, 3.8) is 0 Å². The predicted octanol–water partition coefficient (Wildman–Crippen LogP) is 4.60. The quantitative estimate of drug-likeness (QED) is 0.677. The average Bonchev–Trinajstić information content (AvgIpc) is 2.66. The van der Waals surface area contributed by atoms with Crippen molar-refractivity contribution in [3.05, 3.63) is 59.8 Å². The molecule has 26 heavy (non-hydrogen) atoms. The Hall–Kier alpha value is -3.28. The third-order valence-corrected chi connectivity index (χ3v) is 4.18. The molecule has 2 N–H and O–H groups in total. The molecule has 1 aromatic heterocycles. The maximum absolute atomic E-state index is 5.39. The molecule has 6 heteroatoms. The zero-order chi connectivity index (χ0) is 18.5. The lowest BCUT2D eigenvalue weighted by Crippen LogP contribution is -2.02. The molecule has 0 bridgehead atoms. The molecule has 1 heterocycles. The topological polar surface area (TPSA) is 68.3 Å². The van der Waals surface area contributed by atoms with E-state index < -0.39 is 0 Å². The lowest BCUT2D eigenvalue weighted by molar-refractivity contribution is 0.405.